The van der Waals surface area contributed by atoms with Crippen molar-refractivity contribution in [2.24, 2.45) is 0 Å². The summed E-state index contributed by atoms with van der Waals surface area (Å²) in [7, 11) is 0. The van der Waals surface area contributed by atoms with Crippen molar-refractivity contribution in [2.45, 2.75) is 26.0 Å². The first-order chi connectivity index (χ1) is 8.15. The lowest BCUT2D eigenvalue weighted by Gasteiger charge is -2.11. The highest BCUT2D eigenvalue weighted by atomic mass is 19.1. The van der Waals surface area contributed by atoms with Crippen molar-refractivity contribution in [3.05, 3.63) is 47.4 Å². The maximum Gasteiger partial charge on any atom is 0.123 e. The van der Waals surface area contributed by atoms with Crippen LogP contribution in [0.1, 0.15) is 18.1 Å². The van der Waals surface area contributed by atoms with Gasteiger partial charge in [-0.25, -0.2) is 4.39 Å². The molecule has 3 rings (SSSR count). The van der Waals surface area contributed by atoms with Gasteiger partial charge in [0.05, 0.1) is 11.8 Å². The number of hydrogen-bond acceptors (Lipinski definition) is 1. The van der Waals surface area contributed by atoms with Crippen LogP contribution in [0.2, 0.25) is 0 Å². The predicted molar refractivity (Wildman–Crippen MR) is 64.3 cm³/mol. The molecule has 1 N–H and O–H groups in total. The van der Waals surface area contributed by atoms with Crippen molar-refractivity contribution in [1.29, 1.82) is 0 Å². The van der Waals surface area contributed by atoms with E-state index in [4.69, 9.17) is 0 Å². The number of nitrogens with zero attached hydrogens (tertiary/aromatic N) is 1. The lowest BCUT2D eigenvalue weighted by Crippen LogP contribution is -2.11. The second kappa shape index (κ2) is 3.70. The van der Waals surface area contributed by atoms with E-state index in [9.17, 15) is 9.50 Å². The molecule has 3 heteroatoms. The molecule has 0 amide bonds. The molecular weight excluding hydrogens is 217 g/mol. The van der Waals surface area contributed by atoms with Crippen LogP contribution < -0.4 is 0 Å². The summed E-state index contributed by atoms with van der Waals surface area (Å²) < 4.78 is 15.3. The zero-order chi connectivity index (χ0) is 12.0. The van der Waals surface area contributed by atoms with Crippen LogP contribution in [0.3, 0.4) is 0 Å². The first-order valence-corrected chi connectivity index (χ1v) is 5.80. The molecule has 0 saturated carbocycles. The number of aliphatic hydroxyl groups excluding tert-OH is 1. The topological polar surface area (TPSA) is 25.2 Å². The van der Waals surface area contributed by atoms with Gasteiger partial charge in [-0.1, -0.05) is 6.07 Å². The minimum absolute atomic E-state index is 0.207. The smallest absolute Gasteiger partial charge is 0.123 e. The van der Waals surface area contributed by atoms with E-state index in [1.807, 2.05) is 16.8 Å². The number of aliphatic hydroxyl groups is 1. The number of rotatable bonds is 2. The fourth-order valence-corrected chi connectivity index (χ4v) is 2.55. The quantitative estimate of drug-likeness (QED) is 0.720. The zero-order valence-electron chi connectivity index (χ0n) is 9.65. The number of fused-ring (bicyclic) bond motifs is 3. The first-order valence-electron chi connectivity index (χ1n) is 5.80. The van der Waals surface area contributed by atoms with Crippen molar-refractivity contribution in [3.8, 4) is 11.3 Å². The summed E-state index contributed by atoms with van der Waals surface area (Å²) in [5, 5.41) is 9.46. The highest BCUT2D eigenvalue weighted by molar-refractivity contribution is 5.74. The third-order valence-electron chi connectivity index (χ3n) is 3.22. The van der Waals surface area contributed by atoms with Crippen LogP contribution in [0.15, 0.2) is 30.5 Å². The average molecular weight is 231 g/mol. The van der Waals surface area contributed by atoms with Gasteiger partial charge in [0.2, 0.25) is 0 Å². The Morgan fingerprint density at radius 3 is 2.94 bits per heavy atom. The second-order valence-electron chi connectivity index (χ2n) is 4.67. The summed E-state index contributed by atoms with van der Waals surface area (Å²) in [5.74, 6) is -0.207. The summed E-state index contributed by atoms with van der Waals surface area (Å²) in [6.45, 7) is 2.30. The second-order valence-corrected chi connectivity index (χ2v) is 4.67. The Morgan fingerprint density at radius 2 is 2.18 bits per heavy atom. The molecule has 2 nitrogen and oxygen atoms in total. The summed E-state index contributed by atoms with van der Waals surface area (Å²) >= 11 is 0. The van der Waals surface area contributed by atoms with Crippen molar-refractivity contribution in [2.75, 3.05) is 0 Å². The van der Waals surface area contributed by atoms with Crippen LogP contribution in [0.25, 0.3) is 11.3 Å². The largest absolute Gasteiger partial charge is 0.392 e. The van der Waals surface area contributed by atoms with Crippen molar-refractivity contribution in [1.82, 2.24) is 4.57 Å². The highest BCUT2D eigenvalue weighted by Gasteiger charge is 2.22. The van der Waals surface area contributed by atoms with Crippen LogP contribution in [-0.4, -0.2) is 15.8 Å². The number of halogens is 1. The van der Waals surface area contributed by atoms with Gasteiger partial charge in [-0.2, -0.15) is 0 Å². The summed E-state index contributed by atoms with van der Waals surface area (Å²) in [5.41, 5.74) is 4.40. The van der Waals surface area contributed by atoms with E-state index in [1.165, 1.54) is 11.6 Å². The van der Waals surface area contributed by atoms with Gasteiger partial charge in [0.15, 0.2) is 0 Å². The molecule has 0 bridgehead atoms. The highest BCUT2D eigenvalue weighted by Crippen LogP contribution is 2.37. The monoisotopic (exact) mass is 231 g/mol. The molecule has 0 aliphatic heterocycles. The van der Waals surface area contributed by atoms with Gasteiger partial charge in [-0.05, 0) is 36.2 Å². The molecule has 1 aromatic carbocycles. The Bertz CT molecular complexity index is 572. The lowest BCUT2D eigenvalue weighted by atomic mass is 10.1. The predicted octanol–water partition coefficient (Wildman–Crippen LogP) is 2.58. The molecule has 1 atom stereocenters. The Morgan fingerprint density at radius 1 is 1.35 bits per heavy atom. The van der Waals surface area contributed by atoms with Gasteiger partial charge in [-0.15, -0.1) is 0 Å². The van der Waals surface area contributed by atoms with Crippen LogP contribution >= 0.6 is 0 Å². The zero-order valence-corrected chi connectivity index (χ0v) is 9.65. The van der Waals surface area contributed by atoms with E-state index in [1.54, 1.807) is 13.0 Å². The molecule has 1 aromatic heterocycles. The summed E-state index contributed by atoms with van der Waals surface area (Å²) in [4.78, 5) is 0. The van der Waals surface area contributed by atoms with E-state index >= 15 is 0 Å². The lowest BCUT2D eigenvalue weighted by molar-refractivity contribution is 0.174. The minimum Gasteiger partial charge on any atom is -0.392 e. The third kappa shape index (κ3) is 1.67. The van der Waals surface area contributed by atoms with Crippen LogP contribution in [-0.2, 0) is 13.0 Å². The van der Waals surface area contributed by atoms with Crippen molar-refractivity contribution >= 4 is 0 Å². The summed E-state index contributed by atoms with van der Waals surface area (Å²) in [6, 6.07) is 6.98. The standard InChI is InChI=1S/C14H14FNO/c1-9(17)8-16-5-4-11-6-10-2-3-12(15)7-13(10)14(11)16/h2-5,7,9,17H,6,8H2,1H3. The first kappa shape index (κ1) is 10.5. The van der Waals surface area contributed by atoms with Crippen LogP contribution in [0.4, 0.5) is 4.39 Å². The van der Waals surface area contributed by atoms with Gasteiger partial charge >= 0.3 is 0 Å². The molecule has 0 spiro atoms. The van der Waals surface area contributed by atoms with E-state index in [0.29, 0.717) is 6.54 Å². The van der Waals surface area contributed by atoms with Crippen LogP contribution in [0, 0.1) is 5.82 Å². The van der Waals surface area contributed by atoms with E-state index in [-0.39, 0.29) is 5.82 Å². The molecule has 1 aliphatic carbocycles. The third-order valence-corrected chi connectivity index (χ3v) is 3.22. The molecular formula is C14H14FNO. The fraction of sp³-hybridized carbons (Fsp3) is 0.286. The Kier molecular flexibility index (Phi) is 2.30. The van der Waals surface area contributed by atoms with Crippen LogP contribution in [0.5, 0.6) is 0 Å². The molecule has 17 heavy (non-hydrogen) atoms. The van der Waals surface area contributed by atoms with E-state index < -0.39 is 6.10 Å². The maximum atomic E-state index is 13.3. The van der Waals surface area contributed by atoms with Crippen molar-refractivity contribution in [3.63, 3.8) is 0 Å². The Balaban J connectivity index is 2.12. The van der Waals surface area contributed by atoms with Gasteiger partial charge < -0.3 is 9.67 Å². The minimum atomic E-state index is -0.399. The molecule has 2 aromatic rings. The number of aromatic nitrogens is 1. The molecule has 1 aliphatic rings. The number of benzene rings is 1. The Hall–Kier alpha value is -1.61. The molecule has 1 unspecified atom stereocenters. The van der Waals surface area contributed by atoms with Gasteiger partial charge in [0.25, 0.3) is 0 Å². The van der Waals surface area contributed by atoms with Crippen molar-refractivity contribution < 1.29 is 9.50 Å². The molecule has 0 saturated heterocycles. The average Bonchev–Trinajstić information content (AvgIpc) is 2.78. The van der Waals surface area contributed by atoms with Gasteiger partial charge in [-0.3, -0.25) is 0 Å². The summed E-state index contributed by atoms with van der Waals surface area (Å²) in [6.07, 6.45) is 2.42. The molecule has 0 radical (unpaired) electrons. The maximum absolute atomic E-state index is 13.3. The van der Waals surface area contributed by atoms with E-state index in [0.717, 1.165) is 23.2 Å². The SMILES string of the molecule is CC(O)Cn1ccc2c1-c1cc(F)ccc1C2. The van der Waals surface area contributed by atoms with Gasteiger partial charge in [0.1, 0.15) is 5.82 Å². The molecule has 88 valence electrons. The van der Waals surface area contributed by atoms with Gasteiger partial charge in [0, 0.05) is 24.7 Å². The molecule has 1 heterocycles. The Labute approximate surface area is 99.3 Å². The van der Waals surface area contributed by atoms with E-state index in [2.05, 4.69) is 6.07 Å². The number of hydrogen-bond donors (Lipinski definition) is 1. The normalized spacial score (nSPS) is 14.5. The molecule has 0 fully saturated rings. The fourth-order valence-electron chi connectivity index (χ4n) is 2.55.